The van der Waals surface area contributed by atoms with E-state index in [1.165, 1.54) is 42.6 Å². The van der Waals surface area contributed by atoms with Crippen LogP contribution in [0.3, 0.4) is 0 Å². The summed E-state index contributed by atoms with van der Waals surface area (Å²) in [5, 5.41) is 4.04. The van der Waals surface area contributed by atoms with Gasteiger partial charge in [0.05, 0.1) is 0 Å². The van der Waals surface area contributed by atoms with E-state index in [-0.39, 0.29) is 0 Å². The first-order valence-electron chi connectivity index (χ1n) is 7.23. The second kappa shape index (κ2) is 7.20. The fraction of sp³-hybridized carbons (Fsp3) is 0.625. The van der Waals surface area contributed by atoms with E-state index in [9.17, 15) is 0 Å². The highest BCUT2D eigenvalue weighted by Crippen LogP contribution is 2.38. The molecule has 0 aliphatic heterocycles. The van der Waals surface area contributed by atoms with Gasteiger partial charge in [-0.05, 0) is 43.5 Å². The molecular weight excluding hydrogens is 238 g/mol. The molecule has 0 amide bonds. The SMILES string of the molecule is CCC1CCCCC1Sc1ccc(CNC)cc1. The van der Waals surface area contributed by atoms with Crippen LogP contribution in [-0.4, -0.2) is 12.3 Å². The van der Waals surface area contributed by atoms with Gasteiger partial charge in [-0.2, -0.15) is 0 Å². The van der Waals surface area contributed by atoms with Crippen molar-refractivity contribution < 1.29 is 0 Å². The molecule has 2 unspecified atom stereocenters. The monoisotopic (exact) mass is 263 g/mol. The van der Waals surface area contributed by atoms with Crippen LogP contribution in [-0.2, 0) is 6.54 Å². The number of hydrogen-bond acceptors (Lipinski definition) is 2. The first-order valence-corrected chi connectivity index (χ1v) is 8.11. The molecule has 2 atom stereocenters. The average Bonchev–Trinajstić information content (AvgIpc) is 2.42. The summed E-state index contributed by atoms with van der Waals surface area (Å²) in [4.78, 5) is 1.44. The van der Waals surface area contributed by atoms with Crippen molar-refractivity contribution >= 4 is 11.8 Å². The third-order valence-corrected chi connectivity index (χ3v) is 5.42. The molecule has 1 aromatic carbocycles. The van der Waals surface area contributed by atoms with Crippen LogP contribution in [0.1, 0.15) is 44.6 Å². The Bertz CT molecular complexity index is 347. The molecule has 1 nitrogen and oxygen atoms in total. The van der Waals surface area contributed by atoms with E-state index < -0.39 is 0 Å². The molecule has 0 saturated heterocycles. The van der Waals surface area contributed by atoms with Crippen LogP contribution in [0, 0.1) is 5.92 Å². The fourth-order valence-electron chi connectivity index (χ4n) is 2.86. The molecule has 2 heteroatoms. The summed E-state index contributed by atoms with van der Waals surface area (Å²) >= 11 is 2.10. The summed E-state index contributed by atoms with van der Waals surface area (Å²) in [6.07, 6.45) is 7.05. The Balaban J connectivity index is 1.95. The Morgan fingerprint density at radius 3 is 2.56 bits per heavy atom. The summed E-state index contributed by atoms with van der Waals surface area (Å²) in [7, 11) is 2.00. The van der Waals surface area contributed by atoms with Crippen molar-refractivity contribution in [2.24, 2.45) is 5.92 Å². The summed E-state index contributed by atoms with van der Waals surface area (Å²) < 4.78 is 0. The van der Waals surface area contributed by atoms with Crippen LogP contribution < -0.4 is 5.32 Å². The van der Waals surface area contributed by atoms with E-state index in [0.717, 1.165) is 17.7 Å². The predicted octanol–water partition coefficient (Wildman–Crippen LogP) is 4.47. The Labute approximate surface area is 116 Å². The largest absolute Gasteiger partial charge is 0.316 e. The first kappa shape index (κ1) is 14.0. The van der Waals surface area contributed by atoms with Gasteiger partial charge in [-0.1, -0.05) is 38.3 Å². The van der Waals surface area contributed by atoms with Crippen molar-refractivity contribution in [2.45, 2.75) is 55.7 Å². The average molecular weight is 263 g/mol. The molecule has 0 heterocycles. The molecule has 18 heavy (non-hydrogen) atoms. The van der Waals surface area contributed by atoms with Crippen LogP contribution in [0.2, 0.25) is 0 Å². The van der Waals surface area contributed by atoms with Crippen LogP contribution >= 0.6 is 11.8 Å². The third kappa shape index (κ3) is 3.76. The number of rotatable bonds is 5. The van der Waals surface area contributed by atoms with Crippen LogP contribution in [0.15, 0.2) is 29.2 Å². The minimum absolute atomic E-state index is 0.846. The van der Waals surface area contributed by atoms with Crippen molar-refractivity contribution in [1.82, 2.24) is 5.32 Å². The van der Waals surface area contributed by atoms with Gasteiger partial charge in [0, 0.05) is 16.7 Å². The van der Waals surface area contributed by atoms with E-state index in [0.29, 0.717) is 0 Å². The van der Waals surface area contributed by atoms with Crippen molar-refractivity contribution in [3.05, 3.63) is 29.8 Å². The zero-order chi connectivity index (χ0) is 12.8. The molecule has 1 aliphatic rings. The van der Waals surface area contributed by atoms with Gasteiger partial charge in [0.25, 0.3) is 0 Å². The molecule has 100 valence electrons. The lowest BCUT2D eigenvalue weighted by Gasteiger charge is -2.30. The van der Waals surface area contributed by atoms with E-state index in [1.54, 1.807) is 0 Å². The van der Waals surface area contributed by atoms with Gasteiger partial charge < -0.3 is 5.32 Å². The second-order valence-electron chi connectivity index (χ2n) is 5.28. The Kier molecular flexibility index (Phi) is 5.58. The lowest BCUT2D eigenvalue weighted by atomic mass is 9.87. The van der Waals surface area contributed by atoms with Gasteiger partial charge in [0.1, 0.15) is 0 Å². The molecule has 1 aromatic rings. The van der Waals surface area contributed by atoms with Gasteiger partial charge in [-0.25, -0.2) is 0 Å². The smallest absolute Gasteiger partial charge is 0.0202 e. The normalized spacial score (nSPS) is 24.1. The van der Waals surface area contributed by atoms with Gasteiger partial charge in [-0.3, -0.25) is 0 Å². The predicted molar refractivity (Wildman–Crippen MR) is 81.1 cm³/mol. The van der Waals surface area contributed by atoms with Crippen LogP contribution in [0.4, 0.5) is 0 Å². The topological polar surface area (TPSA) is 12.0 Å². The summed E-state index contributed by atoms with van der Waals surface area (Å²) in [5.41, 5.74) is 1.37. The zero-order valence-corrected chi connectivity index (χ0v) is 12.4. The van der Waals surface area contributed by atoms with Crippen molar-refractivity contribution in [3.8, 4) is 0 Å². The maximum Gasteiger partial charge on any atom is 0.0202 e. The zero-order valence-electron chi connectivity index (χ0n) is 11.6. The summed E-state index contributed by atoms with van der Waals surface area (Å²) in [6.45, 7) is 3.31. The third-order valence-electron chi connectivity index (χ3n) is 3.96. The van der Waals surface area contributed by atoms with Crippen LogP contribution in [0.25, 0.3) is 0 Å². The Hall–Kier alpha value is -0.470. The summed E-state index contributed by atoms with van der Waals surface area (Å²) in [6, 6.07) is 9.09. The first-order chi connectivity index (χ1) is 8.83. The molecule has 0 aromatic heterocycles. The van der Waals surface area contributed by atoms with Gasteiger partial charge in [-0.15, -0.1) is 11.8 Å². The number of hydrogen-bond donors (Lipinski definition) is 1. The molecule has 0 radical (unpaired) electrons. The highest BCUT2D eigenvalue weighted by molar-refractivity contribution is 8.00. The molecular formula is C16H25NS. The lowest BCUT2D eigenvalue weighted by molar-refractivity contribution is 0.361. The lowest BCUT2D eigenvalue weighted by Crippen LogP contribution is -2.20. The molecule has 1 N–H and O–H groups in total. The van der Waals surface area contributed by atoms with Crippen molar-refractivity contribution in [1.29, 1.82) is 0 Å². The van der Waals surface area contributed by atoms with E-state index in [2.05, 4.69) is 48.3 Å². The van der Waals surface area contributed by atoms with E-state index in [1.807, 2.05) is 7.05 Å². The highest BCUT2D eigenvalue weighted by atomic mass is 32.2. The maximum absolute atomic E-state index is 3.19. The molecule has 0 bridgehead atoms. The molecule has 1 saturated carbocycles. The number of benzene rings is 1. The Morgan fingerprint density at radius 1 is 1.17 bits per heavy atom. The van der Waals surface area contributed by atoms with Crippen LogP contribution in [0.5, 0.6) is 0 Å². The molecule has 1 aliphatic carbocycles. The standard InChI is InChI=1S/C16H25NS/c1-3-14-6-4-5-7-16(14)18-15-10-8-13(9-11-15)12-17-2/h8-11,14,16-17H,3-7,12H2,1-2H3. The second-order valence-corrected chi connectivity index (χ2v) is 6.60. The number of nitrogens with one attached hydrogen (secondary N) is 1. The fourth-order valence-corrected chi connectivity index (χ4v) is 4.31. The van der Waals surface area contributed by atoms with E-state index >= 15 is 0 Å². The molecule has 0 spiro atoms. The van der Waals surface area contributed by atoms with Crippen molar-refractivity contribution in [2.75, 3.05) is 7.05 Å². The molecule has 2 rings (SSSR count). The van der Waals surface area contributed by atoms with Gasteiger partial charge in [0.2, 0.25) is 0 Å². The quantitative estimate of drug-likeness (QED) is 0.841. The summed E-state index contributed by atoms with van der Waals surface area (Å²) in [5.74, 6) is 0.931. The van der Waals surface area contributed by atoms with Crippen molar-refractivity contribution in [3.63, 3.8) is 0 Å². The maximum atomic E-state index is 3.19. The minimum atomic E-state index is 0.846. The Morgan fingerprint density at radius 2 is 1.89 bits per heavy atom. The number of thioether (sulfide) groups is 1. The van der Waals surface area contributed by atoms with Gasteiger partial charge >= 0.3 is 0 Å². The molecule has 1 fully saturated rings. The van der Waals surface area contributed by atoms with E-state index in [4.69, 9.17) is 0 Å². The van der Waals surface area contributed by atoms with Gasteiger partial charge in [0.15, 0.2) is 0 Å². The highest BCUT2D eigenvalue weighted by Gasteiger charge is 2.24. The minimum Gasteiger partial charge on any atom is -0.316 e.